The predicted molar refractivity (Wildman–Crippen MR) is 63.2 cm³/mol. The van der Waals surface area contributed by atoms with Gasteiger partial charge in [0.15, 0.2) is 0 Å². The van der Waals surface area contributed by atoms with Crippen LogP contribution in [0.1, 0.15) is 30.9 Å². The molecule has 0 radical (unpaired) electrons. The van der Waals surface area contributed by atoms with Gasteiger partial charge in [0.25, 0.3) is 0 Å². The van der Waals surface area contributed by atoms with Gasteiger partial charge in [-0.15, -0.1) is 0 Å². The maximum absolute atomic E-state index is 13.9. The van der Waals surface area contributed by atoms with Gasteiger partial charge in [-0.1, -0.05) is 6.42 Å². The minimum atomic E-state index is -0.480. The van der Waals surface area contributed by atoms with E-state index < -0.39 is 11.6 Å². The second-order valence-electron chi connectivity index (χ2n) is 4.21. The first kappa shape index (κ1) is 12.0. The van der Waals surface area contributed by atoms with Crippen molar-refractivity contribution in [3.8, 4) is 0 Å². The molecule has 0 amide bonds. The zero-order chi connectivity index (χ0) is 11.7. The Labute approximate surface area is 102 Å². The molecule has 2 rings (SSSR count). The molecule has 88 valence electrons. The van der Waals surface area contributed by atoms with E-state index in [1.165, 1.54) is 12.1 Å². The maximum atomic E-state index is 13.9. The zero-order valence-electron chi connectivity index (χ0n) is 9.06. The monoisotopic (exact) mass is 289 g/mol. The lowest BCUT2D eigenvalue weighted by atomic mass is 9.77. The highest BCUT2D eigenvalue weighted by molar-refractivity contribution is 9.10. The number of halogens is 3. The summed E-state index contributed by atoms with van der Waals surface area (Å²) < 4.78 is 27.9. The van der Waals surface area contributed by atoms with Crippen LogP contribution in [0.5, 0.6) is 0 Å². The number of benzene rings is 1. The summed E-state index contributed by atoms with van der Waals surface area (Å²) in [6.45, 7) is 0. The second kappa shape index (κ2) is 4.80. The van der Waals surface area contributed by atoms with Gasteiger partial charge in [0.05, 0.1) is 4.47 Å². The molecular weight excluding hydrogens is 276 g/mol. The summed E-state index contributed by atoms with van der Waals surface area (Å²) in [7, 11) is 1.75. The van der Waals surface area contributed by atoms with Crippen LogP contribution in [0.15, 0.2) is 16.6 Å². The molecule has 4 heteroatoms. The number of hydrogen-bond acceptors (Lipinski definition) is 1. The molecule has 1 aliphatic rings. The standard InChI is InChI=1S/C12H14BrF2N/c1-16-12(7-3-2-4-7)10-9(14)6-5-8(13)11(10)15/h5-7,12,16H,2-4H2,1H3. The van der Waals surface area contributed by atoms with E-state index in [1.54, 1.807) is 7.05 Å². The van der Waals surface area contributed by atoms with Gasteiger partial charge in [0, 0.05) is 11.6 Å². The van der Waals surface area contributed by atoms with Gasteiger partial charge in [-0.25, -0.2) is 8.78 Å². The highest BCUT2D eigenvalue weighted by atomic mass is 79.9. The van der Waals surface area contributed by atoms with E-state index in [0.717, 1.165) is 19.3 Å². The molecule has 16 heavy (non-hydrogen) atoms. The van der Waals surface area contributed by atoms with Crippen LogP contribution in [0.25, 0.3) is 0 Å². The molecule has 1 unspecified atom stereocenters. The number of hydrogen-bond donors (Lipinski definition) is 1. The zero-order valence-corrected chi connectivity index (χ0v) is 10.7. The van der Waals surface area contributed by atoms with Crippen LogP contribution in [0.4, 0.5) is 8.78 Å². The Bertz CT molecular complexity index is 391. The van der Waals surface area contributed by atoms with Crippen molar-refractivity contribution in [2.75, 3.05) is 7.05 Å². The van der Waals surface area contributed by atoms with Gasteiger partial charge in [-0.05, 0) is 53.9 Å². The van der Waals surface area contributed by atoms with Crippen molar-refractivity contribution in [3.05, 3.63) is 33.8 Å². The first-order valence-corrected chi connectivity index (χ1v) is 6.25. The number of rotatable bonds is 3. The van der Waals surface area contributed by atoms with E-state index in [9.17, 15) is 8.78 Å². The van der Waals surface area contributed by atoms with Crippen LogP contribution in [-0.4, -0.2) is 7.05 Å². The summed E-state index contributed by atoms with van der Waals surface area (Å²) in [5.41, 5.74) is 0.168. The molecule has 0 saturated heterocycles. The SMILES string of the molecule is CNC(c1c(F)ccc(Br)c1F)C1CCC1. The molecule has 1 fully saturated rings. The Kier molecular flexibility index (Phi) is 3.60. The van der Waals surface area contributed by atoms with E-state index in [1.807, 2.05) is 0 Å². The van der Waals surface area contributed by atoms with Crippen molar-refractivity contribution >= 4 is 15.9 Å². The molecule has 1 aromatic rings. The molecule has 0 spiro atoms. The lowest BCUT2D eigenvalue weighted by molar-refractivity contribution is 0.231. The van der Waals surface area contributed by atoms with Crippen LogP contribution in [0.3, 0.4) is 0 Å². The minimum Gasteiger partial charge on any atom is -0.313 e. The van der Waals surface area contributed by atoms with E-state index in [0.29, 0.717) is 10.4 Å². The van der Waals surface area contributed by atoms with Crippen LogP contribution < -0.4 is 5.32 Å². The number of nitrogens with one attached hydrogen (secondary N) is 1. The molecule has 0 aromatic heterocycles. The molecule has 1 saturated carbocycles. The highest BCUT2D eigenvalue weighted by Crippen LogP contribution is 2.40. The van der Waals surface area contributed by atoms with Gasteiger partial charge in [-0.2, -0.15) is 0 Å². The summed E-state index contributed by atoms with van der Waals surface area (Å²) in [5.74, 6) is -0.596. The molecule has 0 aliphatic heterocycles. The molecule has 1 aromatic carbocycles. The van der Waals surface area contributed by atoms with E-state index in [4.69, 9.17) is 0 Å². The van der Waals surface area contributed by atoms with Gasteiger partial charge in [-0.3, -0.25) is 0 Å². The first-order valence-electron chi connectivity index (χ1n) is 5.45. The quantitative estimate of drug-likeness (QED) is 0.835. The fourth-order valence-corrected chi connectivity index (χ4v) is 2.56. The Balaban J connectivity index is 2.39. The Morgan fingerprint density at radius 3 is 2.56 bits per heavy atom. The van der Waals surface area contributed by atoms with Gasteiger partial charge in [0.2, 0.25) is 0 Å². The summed E-state index contributed by atoms with van der Waals surface area (Å²) >= 11 is 3.10. The van der Waals surface area contributed by atoms with Crippen molar-refractivity contribution in [2.45, 2.75) is 25.3 Å². The van der Waals surface area contributed by atoms with Crippen molar-refractivity contribution in [3.63, 3.8) is 0 Å². The largest absolute Gasteiger partial charge is 0.313 e. The molecule has 1 aliphatic carbocycles. The van der Waals surface area contributed by atoms with Crippen LogP contribution in [-0.2, 0) is 0 Å². The van der Waals surface area contributed by atoms with Crippen molar-refractivity contribution in [1.29, 1.82) is 0 Å². The Morgan fingerprint density at radius 1 is 1.38 bits per heavy atom. The molecule has 0 bridgehead atoms. The van der Waals surface area contributed by atoms with E-state index >= 15 is 0 Å². The molecular formula is C12H14BrF2N. The minimum absolute atomic E-state index is 0.168. The Hall–Kier alpha value is -0.480. The second-order valence-corrected chi connectivity index (χ2v) is 5.07. The van der Waals surface area contributed by atoms with Crippen LogP contribution in [0.2, 0.25) is 0 Å². The highest BCUT2D eigenvalue weighted by Gasteiger charge is 2.31. The van der Waals surface area contributed by atoms with E-state index in [2.05, 4.69) is 21.2 Å². The Morgan fingerprint density at radius 2 is 2.06 bits per heavy atom. The predicted octanol–water partition coefficient (Wildman–Crippen LogP) is 3.79. The van der Waals surface area contributed by atoms with Gasteiger partial charge >= 0.3 is 0 Å². The summed E-state index contributed by atoms with van der Waals surface area (Å²) in [6.07, 6.45) is 3.23. The lowest BCUT2D eigenvalue weighted by Gasteiger charge is -2.34. The topological polar surface area (TPSA) is 12.0 Å². The van der Waals surface area contributed by atoms with Crippen molar-refractivity contribution in [2.24, 2.45) is 5.92 Å². The molecule has 1 N–H and O–H groups in total. The smallest absolute Gasteiger partial charge is 0.145 e. The van der Waals surface area contributed by atoms with Crippen LogP contribution >= 0.6 is 15.9 Å². The third-order valence-corrected chi connectivity index (χ3v) is 3.94. The van der Waals surface area contributed by atoms with Crippen molar-refractivity contribution in [1.82, 2.24) is 5.32 Å². The van der Waals surface area contributed by atoms with E-state index in [-0.39, 0.29) is 11.6 Å². The summed E-state index contributed by atoms with van der Waals surface area (Å²) in [5, 5.41) is 3.03. The maximum Gasteiger partial charge on any atom is 0.145 e. The normalized spacial score (nSPS) is 18.2. The fourth-order valence-electron chi connectivity index (χ4n) is 2.22. The fraction of sp³-hybridized carbons (Fsp3) is 0.500. The third-order valence-electron chi connectivity index (χ3n) is 3.32. The average molecular weight is 290 g/mol. The summed E-state index contributed by atoms with van der Waals surface area (Å²) in [6, 6.07) is 2.50. The average Bonchev–Trinajstić information content (AvgIpc) is 2.20. The lowest BCUT2D eigenvalue weighted by Crippen LogP contribution is -2.31. The third kappa shape index (κ3) is 2.00. The van der Waals surface area contributed by atoms with Gasteiger partial charge < -0.3 is 5.32 Å². The first-order chi connectivity index (χ1) is 7.65. The van der Waals surface area contributed by atoms with Crippen LogP contribution in [0, 0.1) is 17.6 Å². The molecule has 1 nitrogen and oxygen atoms in total. The summed E-state index contributed by atoms with van der Waals surface area (Å²) in [4.78, 5) is 0. The van der Waals surface area contributed by atoms with Crippen molar-refractivity contribution < 1.29 is 8.78 Å². The molecule has 1 atom stereocenters. The molecule has 0 heterocycles. The van der Waals surface area contributed by atoms with Gasteiger partial charge in [0.1, 0.15) is 11.6 Å².